The van der Waals surface area contributed by atoms with Crippen molar-refractivity contribution in [1.82, 2.24) is 5.32 Å². The molecule has 2 aromatic heterocycles. The zero-order valence-corrected chi connectivity index (χ0v) is 11.9. The minimum absolute atomic E-state index is 0.00304. The second-order valence-electron chi connectivity index (χ2n) is 4.73. The monoisotopic (exact) mass is 312 g/mol. The number of carbonyl (C=O) groups excluding carboxylic acids is 1. The fraction of sp³-hybridized carbons (Fsp3) is 0.0625. The van der Waals surface area contributed by atoms with Crippen LogP contribution in [-0.2, 0) is 6.54 Å². The lowest BCUT2D eigenvalue weighted by Gasteiger charge is -2.00. The number of nitro benzene ring substituents is 1. The Bertz CT molecular complexity index is 819. The van der Waals surface area contributed by atoms with E-state index in [2.05, 4.69) is 5.32 Å². The predicted octanol–water partition coefficient (Wildman–Crippen LogP) is 3.38. The lowest BCUT2D eigenvalue weighted by atomic mass is 10.1. The summed E-state index contributed by atoms with van der Waals surface area (Å²) in [7, 11) is 0. The molecule has 116 valence electrons. The maximum absolute atomic E-state index is 12.0. The Labute approximate surface area is 130 Å². The third-order valence-electron chi connectivity index (χ3n) is 3.20. The van der Waals surface area contributed by atoms with E-state index >= 15 is 0 Å². The van der Waals surface area contributed by atoms with Gasteiger partial charge in [-0.3, -0.25) is 14.9 Å². The lowest BCUT2D eigenvalue weighted by Crippen LogP contribution is -2.21. The number of nitrogens with zero attached hydrogens (tertiary/aromatic N) is 1. The van der Waals surface area contributed by atoms with Crippen LogP contribution in [0.1, 0.15) is 16.3 Å². The molecule has 0 fully saturated rings. The SMILES string of the molecule is O=C(NCc1ccco1)c1ccc(-c2ccc([N+](=O)[O-])cc2)o1. The summed E-state index contributed by atoms with van der Waals surface area (Å²) in [6, 6.07) is 12.6. The smallest absolute Gasteiger partial charge is 0.287 e. The minimum atomic E-state index is -0.473. The topological polar surface area (TPSA) is 98.5 Å². The van der Waals surface area contributed by atoms with Crippen LogP contribution in [0.4, 0.5) is 5.69 Å². The number of benzene rings is 1. The van der Waals surface area contributed by atoms with Crippen LogP contribution in [-0.4, -0.2) is 10.8 Å². The summed E-state index contributed by atoms with van der Waals surface area (Å²) in [5, 5.41) is 13.3. The normalized spacial score (nSPS) is 10.4. The van der Waals surface area contributed by atoms with Gasteiger partial charge in [0.2, 0.25) is 0 Å². The molecule has 0 saturated carbocycles. The number of nitrogens with one attached hydrogen (secondary N) is 1. The van der Waals surface area contributed by atoms with Crippen molar-refractivity contribution < 1.29 is 18.6 Å². The summed E-state index contributed by atoms with van der Waals surface area (Å²) in [6.07, 6.45) is 1.53. The Kier molecular flexibility index (Phi) is 3.92. The molecule has 0 bridgehead atoms. The second kappa shape index (κ2) is 6.18. The number of furan rings is 2. The molecule has 0 spiro atoms. The Hall–Kier alpha value is -3.35. The van der Waals surface area contributed by atoms with Crippen LogP contribution in [0.2, 0.25) is 0 Å². The van der Waals surface area contributed by atoms with Crippen LogP contribution < -0.4 is 5.32 Å². The highest BCUT2D eigenvalue weighted by atomic mass is 16.6. The van der Waals surface area contributed by atoms with Crippen molar-refractivity contribution >= 4 is 11.6 Å². The van der Waals surface area contributed by atoms with Gasteiger partial charge < -0.3 is 14.2 Å². The van der Waals surface area contributed by atoms with E-state index in [0.29, 0.717) is 17.1 Å². The molecule has 0 saturated heterocycles. The molecule has 1 aromatic carbocycles. The van der Waals surface area contributed by atoms with Crippen molar-refractivity contribution in [3.05, 3.63) is 76.4 Å². The summed E-state index contributed by atoms with van der Waals surface area (Å²) < 4.78 is 10.6. The summed E-state index contributed by atoms with van der Waals surface area (Å²) >= 11 is 0. The first-order chi connectivity index (χ1) is 11.1. The molecule has 0 aliphatic carbocycles. The van der Waals surface area contributed by atoms with E-state index in [4.69, 9.17) is 8.83 Å². The van der Waals surface area contributed by atoms with Gasteiger partial charge in [-0.05, 0) is 36.4 Å². The van der Waals surface area contributed by atoms with Crippen LogP contribution >= 0.6 is 0 Å². The molecule has 0 radical (unpaired) electrons. The first kappa shape index (κ1) is 14.6. The van der Waals surface area contributed by atoms with Crippen molar-refractivity contribution in [2.45, 2.75) is 6.54 Å². The molecular weight excluding hydrogens is 300 g/mol. The maximum Gasteiger partial charge on any atom is 0.287 e. The third-order valence-corrected chi connectivity index (χ3v) is 3.20. The number of hydrogen-bond donors (Lipinski definition) is 1. The zero-order chi connectivity index (χ0) is 16.2. The number of amides is 1. The average Bonchev–Trinajstić information content (AvgIpc) is 3.24. The van der Waals surface area contributed by atoms with Gasteiger partial charge in [0.05, 0.1) is 17.7 Å². The van der Waals surface area contributed by atoms with Crippen molar-refractivity contribution in [1.29, 1.82) is 0 Å². The molecule has 3 aromatic rings. The number of carbonyl (C=O) groups is 1. The fourth-order valence-corrected chi connectivity index (χ4v) is 2.03. The van der Waals surface area contributed by atoms with Gasteiger partial charge in [0.1, 0.15) is 11.5 Å². The summed E-state index contributed by atoms with van der Waals surface area (Å²) in [5.74, 6) is 0.892. The molecule has 7 heteroatoms. The van der Waals surface area contributed by atoms with E-state index in [-0.39, 0.29) is 23.9 Å². The lowest BCUT2D eigenvalue weighted by molar-refractivity contribution is -0.384. The highest BCUT2D eigenvalue weighted by Crippen LogP contribution is 2.24. The standard InChI is InChI=1S/C16H12N2O5/c19-16(17-10-13-2-1-9-22-13)15-8-7-14(23-15)11-3-5-12(6-4-11)18(20)21/h1-9H,10H2,(H,17,19). The molecule has 1 N–H and O–H groups in total. The Morgan fingerprint density at radius 3 is 2.57 bits per heavy atom. The zero-order valence-electron chi connectivity index (χ0n) is 11.9. The van der Waals surface area contributed by atoms with E-state index in [1.807, 2.05) is 0 Å². The third kappa shape index (κ3) is 3.29. The molecule has 3 rings (SSSR count). The van der Waals surface area contributed by atoms with Gasteiger partial charge in [-0.1, -0.05) is 0 Å². The highest BCUT2D eigenvalue weighted by Gasteiger charge is 2.13. The molecule has 2 heterocycles. The van der Waals surface area contributed by atoms with Crippen LogP contribution in [0.15, 0.2) is 63.6 Å². The molecule has 0 atom stereocenters. The highest BCUT2D eigenvalue weighted by molar-refractivity contribution is 5.92. The van der Waals surface area contributed by atoms with Crippen molar-refractivity contribution in [3.63, 3.8) is 0 Å². The van der Waals surface area contributed by atoms with E-state index in [0.717, 1.165) is 0 Å². The Balaban J connectivity index is 1.69. The van der Waals surface area contributed by atoms with Gasteiger partial charge in [0.15, 0.2) is 5.76 Å². The first-order valence-corrected chi connectivity index (χ1v) is 6.79. The van der Waals surface area contributed by atoms with Crippen LogP contribution in [0, 0.1) is 10.1 Å². The number of nitro groups is 1. The van der Waals surface area contributed by atoms with Crippen LogP contribution in [0.25, 0.3) is 11.3 Å². The number of non-ortho nitro benzene ring substituents is 1. The van der Waals surface area contributed by atoms with Crippen molar-refractivity contribution in [2.75, 3.05) is 0 Å². The van der Waals surface area contributed by atoms with Gasteiger partial charge in [-0.15, -0.1) is 0 Å². The Morgan fingerprint density at radius 1 is 1.13 bits per heavy atom. The summed E-state index contributed by atoms with van der Waals surface area (Å²) in [6.45, 7) is 0.263. The van der Waals surface area contributed by atoms with Crippen LogP contribution in [0.5, 0.6) is 0 Å². The van der Waals surface area contributed by atoms with Crippen molar-refractivity contribution in [2.24, 2.45) is 0 Å². The molecule has 7 nitrogen and oxygen atoms in total. The molecule has 0 unspecified atom stereocenters. The maximum atomic E-state index is 12.0. The van der Waals surface area contributed by atoms with E-state index < -0.39 is 4.92 Å². The number of rotatable bonds is 5. The molecule has 0 aliphatic rings. The van der Waals surface area contributed by atoms with Crippen LogP contribution in [0.3, 0.4) is 0 Å². The second-order valence-corrected chi connectivity index (χ2v) is 4.73. The fourth-order valence-electron chi connectivity index (χ4n) is 2.03. The molecular formula is C16H12N2O5. The quantitative estimate of drug-likeness (QED) is 0.575. The molecule has 1 amide bonds. The molecule has 23 heavy (non-hydrogen) atoms. The minimum Gasteiger partial charge on any atom is -0.467 e. The number of hydrogen-bond acceptors (Lipinski definition) is 5. The van der Waals surface area contributed by atoms with E-state index in [1.54, 1.807) is 36.4 Å². The van der Waals surface area contributed by atoms with Gasteiger partial charge in [0.25, 0.3) is 11.6 Å². The summed E-state index contributed by atoms with van der Waals surface area (Å²) in [5.41, 5.74) is 0.650. The summed E-state index contributed by atoms with van der Waals surface area (Å²) in [4.78, 5) is 22.2. The largest absolute Gasteiger partial charge is 0.467 e. The first-order valence-electron chi connectivity index (χ1n) is 6.79. The van der Waals surface area contributed by atoms with Gasteiger partial charge in [-0.25, -0.2) is 0 Å². The average molecular weight is 312 g/mol. The molecule has 0 aliphatic heterocycles. The van der Waals surface area contributed by atoms with E-state index in [9.17, 15) is 14.9 Å². The van der Waals surface area contributed by atoms with E-state index in [1.165, 1.54) is 18.4 Å². The van der Waals surface area contributed by atoms with Gasteiger partial charge in [0, 0.05) is 17.7 Å². The van der Waals surface area contributed by atoms with Gasteiger partial charge >= 0.3 is 0 Å². The predicted molar refractivity (Wildman–Crippen MR) is 80.7 cm³/mol. The van der Waals surface area contributed by atoms with Crippen molar-refractivity contribution in [3.8, 4) is 11.3 Å². The Morgan fingerprint density at radius 2 is 1.91 bits per heavy atom. The van der Waals surface area contributed by atoms with Gasteiger partial charge in [-0.2, -0.15) is 0 Å².